The number of carboxylic acids is 2. The Hall–Kier alpha value is -4.05. The van der Waals surface area contributed by atoms with Crippen LogP contribution in [0.3, 0.4) is 0 Å². The van der Waals surface area contributed by atoms with Crippen LogP contribution in [0.1, 0.15) is 51.2 Å². The van der Waals surface area contributed by atoms with Crippen molar-refractivity contribution in [2.75, 3.05) is 31.1 Å². The van der Waals surface area contributed by atoms with Crippen molar-refractivity contribution in [2.45, 2.75) is 65.8 Å². The van der Waals surface area contributed by atoms with Crippen LogP contribution in [0.5, 0.6) is 0 Å². The van der Waals surface area contributed by atoms with Crippen LogP contribution in [0.25, 0.3) is 11.2 Å². The van der Waals surface area contributed by atoms with Crippen molar-refractivity contribution in [1.29, 1.82) is 0 Å². The van der Waals surface area contributed by atoms with Gasteiger partial charge in [0.1, 0.15) is 23.5 Å². The summed E-state index contributed by atoms with van der Waals surface area (Å²) in [6.45, 7) is 9.02. The van der Waals surface area contributed by atoms with Gasteiger partial charge in [-0.15, -0.1) is 0 Å². The van der Waals surface area contributed by atoms with Crippen LogP contribution in [-0.2, 0) is 27.3 Å². The molecular weight excluding hydrogens is 565 g/mol. The molecule has 0 radical (unpaired) electrons. The fourth-order valence-electron chi connectivity index (χ4n) is 4.00. The number of aromatic nitrogens is 3. The monoisotopic (exact) mass is 595 g/mol. The molecule has 0 aliphatic carbocycles. The highest BCUT2D eigenvalue weighted by Crippen LogP contribution is 2.27. The van der Waals surface area contributed by atoms with Gasteiger partial charge in [-0.1, -0.05) is 6.92 Å². The van der Waals surface area contributed by atoms with Crippen LogP contribution in [0.15, 0.2) is 4.79 Å². The Morgan fingerprint density at radius 3 is 1.98 bits per heavy atom. The molecule has 1 saturated heterocycles. The van der Waals surface area contributed by atoms with Crippen molar-refractivity contribution in [3.05, 3.63) is 27.3 Å². The molecule has 0 unspecified atom stereocenters. The largest absolute Gasteiger partial charge is 0.490 e. The van der Waals surface area contributed by atoms with Gasteiger partial charge in [-0.05, 0) is 34.1 Å². The number of pyridine rings is 1. The van der Waals surface area contributed by atoms with E-state index < -0.39 is 53.9 Å². The molecule has 1 aliphatic heterocycles. The minimum atomic E-state index is -5.08. The van der Waals surface area contributed by atoms with Gasteiger partial charge >= 0.3 is 24.2 Å². The van der Waals surface area contributed by atoms with E-state index in [2.05, 4.69) is 9.97 Å². The minimum absolute atomic E-state index is 0.0395. The molecule has 2 aromatic rings. The Balaban J connectivity index is 0.000000745. The maximum absolute atomic E-state index is 13.5. The third-order valence-corrected chi connectivity index (χ3v) is 5.70. The molecule has 2 aromatic heterocycles. The lowest BCUT2D eigenvalue weighted by Gasteiger charge is -2.37. The summed E-state index contributed by atoms with van der Waals surface area (Å²) in [7, 11) is 0. The summed E-state index contributed by atoms with van der Waals surface area (Å²) in [6.07, 6.45) is -8.18. The predicted molar refractivity (Wildman–Crippen MR) is 134 cm³/mol. The highest BCUT2D eigenvalue weighted by atomic mass is 19.4. The highest BCUT2D eigenvalue weighted by molar-refractivity contribution is 5.80. The summed E-state index contributed by atoms with van der Waals surface area (Å²) in [5.74, 6) is -3.93. The van der Waals surface area contributed by atoms with Crippen LogP contribution in [0.2, 0.25) is 0 Å². The number of nitrogens with zero attached hydrogens (tertiary/aromatic N) is 5. The Bertz CT molecular complexity index is 1360. The van der Waals surface area contributed by atoms with Gasteiger partial charge in [0.2, 0.25) is 5.43 Å². The number of carbonyl (C=O) groups is 3. The summed E-state index contributed by atoms with van der Waals surface area (Å²) in [5.41, 5.74) is -1.65. The zero-order chi connectivity index (χ0) is 31.4. The second kappa shape index (κ2) is 12.6. The molecule has 1 aliphatic rings. The molecule has 3 heterocycles. The van der Waals surface area contributed by atoms with E-state index in [0.29, 0.717) is 12.1 Å². The summed E-state index contributed by atoms with van der Waals surface area (Å²) < 4.78 is 65.4. The first-order valence-corrected chi connectivity index (χ1v) is 12.2. The van der Waals surface area contributed by atoms with E-state index in [1.165, 1.54) is 16.4 Å². The van der Waals surface area contributed by atoms with Crippen LogP contribution in [0, 0.1) is 6.92 Å². The number of hydrogen-bond donors (Lipinski definition) is 2. The van der Waals surface area contributed by atoms with Crippen LogP contribution in [0.4, 0.5) is 32.4 Å². The zero-order valence-corrected chi connectivity index (χ0v) is 22.9. The van der Waals surface area contributed by atoms with Crippen molar-refractivity contribution >= 4 is 34.9 Å². The molecule has 0 bridgehead atoms. The second-order valence-electron chi connectivity index (χ2n) is 9.88. The summed E-state index contributed by atoms with van der Waals surface area (Å²) in [4.78, 5) is 57.7. The van der Waals surface area contributed by atoms with Crippen LogP contribution >= 0.6 is 0 Å². The van der Waals surface area contributed by atoms with Gasteiger partial charge in [-0.3, -0.25) is 9.59 Å². The maximum Gasteiger partial charge on any atom is 0.490 e. The molecule has 2 N–H and O–H groups in total. The Morgan fingerprint density at radius 1 is 1.02 bits per heavy atom. The van der Waals surface area contributed by atoms with Crippen LogP contribution < -0.4 is 10.3 Å². The summed E-state index contributed by atoms with van der Waals surface area (Å²) >= 11 is 0. The van der Waals surface area contributed by atoms with Gasteiger partial charge in [0.15, 0.2) is 11.2 Å². The number of amides is 1. The molecule has 0 saturated carbocycles. The number of halogens is 5. The third kappa shape index (κ3) is 8.23. The number of fused-ring (bicyclic) bond motifs is 1. The number of hydrogen-bond acceptors (Lipinski definition) is 8. The fraction of sp³-hybridized carbons (Fsp3) is 0.583. The lowest BCUT2D eigenvalue weighted by Crippen LogP contribution is -2.51. The van der Waals surface area contributed by atoms with E-state index in [1.807, 2.05) is 0 Å². The fourth-order valence-corrected chi connectivity index (χ4v) is 4.00. The Morgan fingerprint density at radius 2 is 1.56 bits per heavy atom. The molecule has 228 valence electrons. The summed E-state index contributed by atoms with van der Waals surface area (Å²) in [6, 6.07) is 0. The van der Waals surface area contributed by atoms with Gasteiger partial charge < -0.3 is 29.3 Å². The number of anilines is 1. The molecule has 1 fully saturated rings. The average molecular weight is 596 g/mol. The standard InChI is InChI=1S/C22H29F2N5O5.C2HF3O2/c1-6-13-17(27-7-9-28(10-8-27)21(33)34-22(3,4)5)18(32)16-20(29(13)11-14(30)31)25-12(2)15(26-16)19(23)24;3-2(4,5)1(6)7/h19H,6-11H2,1-5H3,(H,30,31);(H,6,7). The molecule has 41 heavy (non-hydrogen) atoms. The van der Waals surface area contributed by atoms with Crippen LogP contribution in [-0.4, -0.2) is 85.6 Å². The number of rotatable bonds is 5. The normalized spacial score (nSPS) is 14.1. The van der Waals surface area contributed by atoms with Crippen molar-refractivity contribution in [3.63, 3.8) is 0 Å². The number of carbonyl (C=O) groups excluding carboxylic acids is 1. The Labute approximate surface area is 230 Å². The van der Waals surface area contributed by atoms with Gasteiger partial charge in [0.25, 0.3) is 6.43 Å². The van der Waals surface area contributed by atoms with Gasteiger partial charge in [0, 0.05) is 31.9 Å². The van der Waals surface area contributed by atoms with E-state index in [9.17, 15) is 41.4 Å². The second-order valence-corrected chi connectivity index (χ2v) is 9.88. The number of aliphatic carboxylic acids is 2. The van der Waals surface area contributed by atoms with E-state index in [0.717, 1.165) is 0 Å². The van der Waals surface area contributed by atoms with Crippen molar-refractivity contribution in [2.24, 2.45) is 0 Å². The first-order chi connectivity index (χ1) is 18.8. The van der Waals surface area contributed by atoms with Crippen molar-refractivity contribution in [1.82, 2.24) is 19.4 Å². The van der Waals surface area contributed by atoms with Crippen molar-refractivity contribution in [3.8, 4) is 0 Å². The molecule has 12 nitrogen and oxygen atoms in total. The number of alkyl halides is 5. The number of ether oxygens (including phenoxy) is 1. The Kier molecular flexibility index (Phi) is 10.2. The molecule has 17 heteroatoms. The molecule has 0 aromatic carbocycles. The number of aryl methyl sites for hydroxylation is 1. The van der Waals surface area contributed by atoms with E-state index in [1.54, 1.807) is 32.6 Å². The lowest BCUT2D eigenvalue weighted by molar-refractivity contribution is -0.192. The molecule has 1 amide bonds. The quantitative estimate of drug-likeness (QED) is 0.492. The van der Waals surface area contributed by atoms with E-state index in [-0.39, 0.29) is 48.7 Å². The third-order valence-electron chi connectivity index (χ3n) is 5.70. The van der Waals surface area contributed by atoms with E-state index >= 15 is 0 Å². The first kappa shape index (κ1) is 33.2. The lowest BCUT2D eigenvalue weighted by atomic mass is 10.1. The minimum Gasteiger partial charge on any atom is -0.480 e. The molecular formula is C24H30F5N5O7. The summed E-state index contributed by atoms with van der Waals surface area (Å²) in [5, 5.41) is 16.6. The molecule has 0 spiro atoms. The maximum atomic E-state index is 13.5. The average Bonchev–Trinajstić information content (AvgIpc) is 2.83. The molecule has 0 atom stereocenters. The van der Waals surface area contributed by atoms with Gasteiger partial charge in [0.05, 0.1) is 5.69 Å². The number of carboxylic acid groups (broad SMARTS) is 2. The smallest absolute Gasteiger partial charge is 0.480 e. The topological polar surface area (TPSA) is 155 Å². The van der Waals surface area contributed by atoms with Gasteiger partial charge in [-0.2, -0.15) is 13.2 Å². The molecule has 3 rings (SSSR count). The highest BCUT2D eigenvalue weighted by Gasteiger charge is 2.38. The van der Waals surface area contributed by atoms with Gasteiger partial charge in [-0.25, -0.2) is 28.3 Å². The zero-order valence-electron chi connectivity index (χ0n) is 22.9. The first-order valence-electron chi connectivity index (χ1n) is 12.2. The number of piperazine rings is 1. The van der Waals surface area contributed by atoms with E-state index in [4.69, 9.17) is 14.6 Å². The van der Waals surface area contributed by atoms with Crippen molar-refractivity contribution < 1.29 is 51.3 Å². The SMILES string of the molecule is CCc1c(N2CCN(C(=O)OC(C)(C)C)CC2)c(=O)c2nc(C(F)F)c(C)nc2n1CC(=O)O.O=C(O)C(F)(F)F. The predicted octanol–water partition coefficient (Wildman–Crippen LogP) is 3.37.